The summed E-state index contributed by atoms with van der Waals surface area (Å²) in [4.78, 5) is 11.7. The molecular formula is C13H19ClF2N2O. The van der Waals surface area contributed by atoms with Gasteiger partial charge in [0.15, 0.2) is 0 Å². The van der Waals surface area contributed by atoms with E-state index in [0.29, 0.717) is 0 Å². The average Bonchev–Trinajstić information content (AvgIpc) is 2.27. The zero-order valence-corrected chi connectivity index (χ0v) is 11.9. The van der Waals surface area contributed by atoms with Crippen LogP contribution in [0.2, 0.25) is 0 Å². The maximum Gasteiger partial charge on any atom is 0.237 e. The van der Waals surface area contributed by atoms with Crippen LogP contribution in [0.5, 0.6) is 0 Å². The fourth-order valence-electron chi connectivity index (χ4n) is 1.54. The molecular weight excluding hydrogens is 274 g/mol. The Morgan fingerprint density at radius 2 is 1.84 bits per heavy atom. The van der Waals surface area contributed by atoms with Crippen molar-refractivity contribution in [2.75, 3.05) is 0 Å². The number of hydrogen-bond acceptors (Lipinski definition) is 2. The molecule has 1 unspecified atom stereocenters. The first-order valence-corrected chi connectivity index (χ1v) is 5.83. The predicted octanol–water partition coefficient (Wildman–Crippen LogP) is 2.55. The fourth-order valence-corrected chi connectivity index (χ4v) is 1.54. The van der Waals surface area contributed by atoms with E-state index < -0.39 is 23.7 Å². The Kier molecular flexibility index (Phi) is 6.94. The van der Waals surface area contributed by atoms with Crippen LogP contribution in [0.4, 0.5) is 8.78 Å². The molecule has 1 aromatic carbocycles. The number of rotatable bonds is 4. The first-order chi connectivity index (χ1) is 8.32. The molecule has 0 heterocycles. The highest BCUT2D eigenvalue weighted by Crippen LogP contribution is 2.17. The molecule has 6 heteroatoms. The summed E-state index contributed by atoms with van der Waals surface area (Å²) in [5.74, 6) is -1.67. The molecule has 0 aliphatic carbocycles. The number of benzene rings is 1. The third-order valence-corrected chi connectivity index (χ3v) is 2.81. The lowest BCUT2D eigenvalue weighted by Gasteiger charge is -2.20. The van der Waals surface area contributed by atoms with Crippen LogP contribution in [0.15, 0.2) is 18.2 Å². The van der Waals surface area contributed by atoms with Crippen LogP contribution in [0.1, 0.15) is 32.4 Å². The van der Waals surface area contributed by atoms with Gasteiger partial charge in [-0.2, -0.15) is 0 Å². The molecule has 0 aliphatic rings. The minimum Gasteiger partial charge on any atom is -0.348 e. The number of hydrogen-bond donors (Lipinski definition) is 2. The second kappa shape index (κ2) is 7.40. The topological polar surface area (TPSA) is 55.1 Å². The number of halogens is 3. The Labute approximate surface area is 118 Å². The molecule has 1 aromatic rings. The van der Waals surface area contributed by atoms with Crippen LogP contribution in [0, 0.1) is 17.6 Å². The number of amides is 1. The summed E-state index contributed by atoms with van der Waals surface area (Å²) in [7, 11) is 0. The molecule has 0 radical (unpaired) electrons. The van der Waals surface area contributed by atoms with Gasteiger partial charge in [0.1, 0.15) is 11.6 Å². The largest absolute Gasteiger partial charge is 0.348 e. The second-order valence-electron chi connectivity index (χ2n) is 4.67. The van der Waals surface area contributed by atoms with E-state index in [1.807, 2.05) is 13.8 Å². The van der Waals surface area contributed by atoms with Gasteiger partial charge in [0.25, 0.3) is 0 Å². The highest BCUT2D eigenvalue weighted by atomic mass is 35.5. The van der Waals surface area contributed by atoms with Gasteiger partial charge < -0.3 is 11.1 Å². The van der Waals surface area contributed by atoms with Crippen LogP contribution < -0.4 is 11.1 Å². The molecule has 3 N–H and O–H groups in total. The van der Waals surface area contributed by atoms with Gasteiger partial charge in [-0.05, 0) is 18.9 Å². The van der Waals surface area contributed by atoms with Gasteiger partial charge in [0, 0.05) is 11.6 Å². The SMILES string of the molecule is CC(NC(=O)[C@H](N)C(C)C)c1ccc(F)cc1F.Cl. The minimum absolute atomic E-state index is 0. The third kappa shape index (κ3) is 4.76. The molecule has 1 amide bonds. The molecule has 19 heavy (non-hydrogen) atoms. The van der Waals surface area contributed by atoms with Crippen molar-refractivity contribution in [2.45, 2.75) is 32.9 Å². The van der Waals surface area contributed by atoms with Crippen molar-refractivity contribution in [1.29, 1.82) is 0 Å². The zero-order chi connectivity index (χ0) is 13.9. The molecule has 0 aliphatic heterocycles. The summed E-state index contributed by atoms with van der Waals surface area (Å²) < 4.78 is 26.2. The number of nitrogens with two attached hydrogens (primary N) is 1. The fraction of sp³-hybridized carbons (Fsp3) is 0.462. The number of carbonyl (C=O) groups excluding carboxylic acids is 1. The molecule has 108 valence electrons. The van der Waals surface area contributed by atoms with Crippen LogP contribution in [0.25, 0.3) is 0 Å². The standard InChI is InChI=1S/C13H18F2N2O.ClH/c1-7(2)12(16)13(18)17-8(3)10-5-4-9(14)6-11(10)15;/h4-8,12H,16H2,1-3H3,(H,17,18);1H/t8?,12-;/m1./s1. The van der Waals surface area contributed by atoms with E-state index in [2.05, 4.69) is 5.32 Å². The Balaban J connectivity index is 0.00000324. The predicted molar refractivity (Wildman–Crippen MR) is 73.0 cm³/mol. The van der Waals surface area contributed by atoms with E-state index in [1.165, 1.54) is 6.07 Å². The van der Waals surface area contributed by atoms with Gasteiger partial charge in [-0.15, -0.1) is 12.4 Å². The summed E-state index contributed by atoms with van der Waals surface area (Å²) >= 11 is 0. The summed E-state index contributed by atoms with van der Waals surface area (Å²) in [6.07, 6.45) is 0. The monoisotopic (exact) mass is 292 g/mol. The maximum atomic E-state index is 13.5. The van der Waals surface area contributed by atoms with Gasteiger partial charge in [0.05, 0.1) is 12.1 Å². The molecule has 0 saturated heterocycles. The molecule has 1 rings (SSSR count). The van der Waals surface area contributed by atoms with Gasteiger partial charge >= 0.3 is 0 Å². The lowest BCUT2D eigenvalue weighted by Crippen LogP contribution is -2.44. The van der Waals surface area contributed by atoms with Gasteiger partial charge in [0.2, 0.25) is 5.91 Å². The van der Waals surface area contributed by atoms with Crippen molar-refractivity contribution in [3.8, 4) is 0 Å². The smallest absolute Gasteiger partial charge is 0.237 e. The van der Waals surface area contributed by atoms with Crippen molar-refractivity contribution in [3.05, 3.63) is 35.4 Å². The number of carbonyl (C=O) groups is 1. The molecule has 0 fully saturated rings. The van der Waals surface area contributed by atoms with Crippen LogP contribution in [-0.4, -0.2) is 11.9 Å². The van der Waals surface area contributed by atoms with E-state index >= 15 is 0 Å². The first-order valence-electron chi connectivity index (χ1n) is 5.83. The average molecular weight is 293 g/mol. The quantitative estimate of drug-likeness (QED) is 0.896. The van der Waals surface area contributed by atoms with E-state index in [0.717, 1.165) is 12.1 Å². The second-order valence-corrected chi connectivity index (χ2v) is 4.67. The van der Waals surface area contributed by atoms with E-state index in [1.54, 1.807) is 6.92 Å². The molecule has 3 nitrogen and oxygen atoms in total. The molecule has 0 bridgehead atoms. The van der Waals surface area contributed by atoms with Crippen LogP contribution in [0.3, 0.4) is 0 Å². The Morgan fingerprint density at radius 3 is 2.32 bits per heavy atom. The van der Waals surface area contributed by atoms with Crippen molar-refractivity contribution in [3.63, 3.8) is 0 Å². The van der Waals surface area contributed by atoms with Crippen LogP contribution in [-0.2, 0) is 4.79 Å². The van der Waals surface area contributed by atoms with E-state index in [-0.39, 0.29) is 29.8 Å². The Hall–Kier alpha value is -1.20. The van der Waals surface area contributed by atoms with Crippen LogP contribution >= 0.6 is 12.4 Å². The van der Waals surface area contributed by atoms with Crippen molar-refractivity contribution >= 4 is 18.3 Å². The summed E-state index contributed by atoms with van der Waals surface area (Å²) in [6, 6.07) is 2.07. The van der Waals surface area contributed by atoms with Gasteiger partial charge in [-0.3, -0.25) is 4.79 Å². The summed E-state index contributed by atoms with van der Waals surface area (Å²) in [6.45, 7) is 5.28. The van der Waals surface area contributed by atoms with E-state index in [9.17, 15) is 13.6 Å². The molecule has 0 saturated carbocycles. The molecule has 2 atom stereocenters. The highest BCUT2D eigenvalue weighted by molar-refractivity contribution is 5.85. The zero-order valence-electron chi connectivity index (χ0n) is 11.1. The number of nitrogens with one attached hydrogen (secondary N) is 1. The third-order valence-electron chi connectivity index (χ3n) is 2.81. The molecule has 0 spiro atoms. The normalized spacial score (nSPS) is 13.6. The minimum atomic E-state index is -0.680. The molecule has 0 aromatic heterocycles. The van der Waals surface area contributed by atoms with Crippen molar-refractivity contribution in [1.82, 2.24) is 5.32 Å². The van der Waals surface area contributed by atoms with Crippen molar-refractivity contribution in [2.24, 2.45) is 11.7 Å². The Morgan fingerprint density at radius 1 is 1.26 bits per heavy atom. The lowest BCUT2D eigenvalue weighted by atomic mass is 10.0. The lowest BCUT2D eigenvalue weighted by molar-refractivity contribution is -0.123. The first kappa shape index (κ1) is 17.8. The Bertz CT molecular complexity index is 441. The highest BCUT2D eigenvalue weighted by Gasteiger charge is 2.20. The summed E-state index contributed by atoms with van der Waals surface area (Å²) in [5.41, 5.74) is 5.92. The van der Waals surface area contributed by atoms with Crippen molar-refractivity contribution < 1.29 is 13.6 Å². The van der Waals surface area contributed by atoms with Gasteiger partial charge in [-0.25, -0.2) is 8.78 Å². The van der Waals surface area contributed by atoms with Gasteiger partial charge in [-0.1, -0.05) is 19.9 Å². The van der Waals surface area contributed by atoms with E-state index in [4.69, 9.17) is 5.73 Å². The maximum absolute atomic E-state index is 13.5. The summed E-state index contributed by atoms with van der Waals surface area (Å²) in [5, 5.41) is 2.61.